The Labute approximate surface area is 132 Å². The van der Waals surface area contributed by atoms with Gasteiger partial charge in [0.2, 0.25) is 0 Å². The Morgan fingerprint density at radius 3 is 2.45 bits per heavy atom. The zero-order valence-electron chi connectivity index (χ0n) is 13.4. The molecule has 0 radical (unpaired) electrons. The average molecular weight is 287 g/mol. The smallest absolute Gasteiger partial charge is 0.147 e. The first-order chi connectivity index (χ1) is 10.6. The second-order valence-electron chi connectivity index (χ2n) is 5.90. The van der Waals surface area contributed by atoms with E-state index in [0.29, 0.717) is 0 Å². The van der Waals surface area contributed by atoms with E-state index >= 15 is 0 Å². The molecule has 2 aromatic carbocycles. The Morgan fingerprint density at radius 2 is 1.68 bits per heavy atom. The lowest BCUT2D eigenvalue weighted by molar-refractivity contribution is -0.417. The van der Waals surface area contributed by atoms with Crippen molar-refractivity contribution < 1.29 is 4.58 Å². The van der Waals surface area contributed by atoms with E-state index in [9.17, 15) is 0 Å². The molecule has 0 spiro atoms. The van der Waals surface area contributed by atoms with Gasteiger partial charge >= 0.3 is 0 Å². The molecule has 1 nitrogen and oxygen atoms in total. The summed E-state index contributed by atoms with van der Waals surface area (Å²) in [6.45, 7) is 10.5. The van der Waals surface area contributed by atoms with Gasteiger partial charge in [0.05, 0.1) is 6.72 Å². The van der Waals surface area contributed by atoms with Crippen molar-refractivity contribution in [1.82, 2.24) is 0 Å². The highest BCUT2D eigenvalue weighted by molar-refractivity contribution is 5.70. The number of benzene rings is 2. The number of rotatable bonds is 2. The van der Waals surface area contributed by atoms with Crippen molar-refractivity contribution in [1.29, 1.82) is 0 Å². The molecule has 0 fully saturated rings. The zero-order valence-corrected chi connectivity index (χ0v) is 13.4. The van der Waals surface area contributed by atoms with Crippen molar-refractivity contribution in [2.45, 2.75) is 20.8 Å². The van der Waals surface area contributed by atoms with Crippen LogP contribution in [0.4, 0.5) is 0 Å². The molecular formula is C21H21N. The maximum atomic E-state index is 4.09. The van der Waals surface area contributed by atoms with Crippen LogP contribution in [0.25, 0.3) is 11.1 Å². The highest BCUT2D eigenvalue weighted by Crippen LogP contribution is 2.31. The topological polar surface area (TPSA) is 3.01 Å². The summed E-state index contributed by atoms with van der Waals surface area (Å²) in [7, 11) is 0. The fourth-order valence-corrected chi connectivity index (χ4v) is 2.83. The number of nitrogens with zero attached hydrogens (tertiary/aromatic N) is 1. The molecule has 0 amide bonds. The van der Waals surface area contributed by atoms with E-state index in [4.69, 9.17) is 0 Å². The maximum Gasteiger partial charge on any atom is 0.147 e. The van der Waals surface area contributed by atoms with Gasteiger partial charge in [0.1, 0.15) is 12.2 Å². The van der Waals surface area contributed by atoms with Gasteiger partial charge in [0.25, 0.3) is 0 Å². The number of hydrogen-bond acceptors (Lipinski definition) is 0. The second kappa shape index (κ2) is 5.69. The summed E-state index contributed by atoms with van der Waals surface area (Å²) in [6, 6.07) is 14.4. The monoisotopic (exact) mass is 287 g/mol. The molecule has 0 saturated heterocycles. The van der Waals surface area contributed by atoms with Crippen LogP contribution < -0.4 is 0 Å². The molecular weight excluding hydrogens is 266 g/mol. The highest BCUT2D eigenvalue weighted by atomic mass is 15.0. The standard InChI is InChI=1S/C21H21N/c1-15-8-9-16(2)19(13-15)18-11-10-17(3)20(14-18)21-7-5-6-12-22(21)4/h5-14H,4H2,1-3H3. The predicted molar refractivity (Wildman–Crippen MR) is 94.1 cm³/mol. The van der Waals surface area contributed by atoms with E-state index in [2.05, 4.69) is 76.0 Å². The molecule has 0 bridgehead atoms. The zero-order chi connectivity index (χ0) is 15.7. The van der Waals surface area contributed by atoms with Crippen LogP contribution in [0.2, 0.25) is 0 Å². The largest absolute Gasteiger partial charge is 0.255 e. The molecule has 110 valence electrons. The van der Waals surface area contributed by atoms with E-state index in [0.717, 1.165) is 6.04 Å². The minimum atomic E-state index is 1.13. The highest BCUT2D eigenvalue weighted by Gasteiger charge is 2.16. The Balaban J connectivity index is 2.11. The van der Waals surface area contributed by atoms with E-state index in [1.807, 2.05) is 16.9 Å². The fourth-order valence-electron chi connectivity index (χ4n) is 2.83. The summed E-state index contributed by atoms with van der Waals surface area (Å²) >= 11 is 0. The molecule has 0 aromatic heterocycles. The van der Waals surface area contributed by atoms with Crippen LogP contribution in [-0.4, -0.2) is 11.3 Å². The third kappa shape index (κ3) is 2.62. The normalized spacial score (nSPS) is 13.8. The molecule has 0 unspecified atom stereocenters. The molecule has 1 aliphatic heterocycles. The molecule has 0 N–H and O–H groups in total. The quantitative estimate of drug-likeness (QED) is 0.543. The molecule has 0 atom stereocenters. The van der Waals surface area contributed by atoms with Gasteiger partial charge in [0, 0.05) is 0 Å². The summed E-state index contributed by atoms with van der Waals surface area (Å²) in [5.41, 5.74) is 7.63. The van der Waals surface area contributed by atoms with Gasteiger partial charge < -0.3 is 0 Å². The molecule has 1 aliphatic rings. The van der Waals surface area contributed by atoms with E-state index in [-0.39, 0.29) is 0 Å². The van der Waals surface area contributed by atoms with Crippen LogP contribution in [0.15, 0.2) is 60.8 Å². The first-order valence-electron chi connectivity index (χ1n) is 7.56. The Hall–Kier alpha value is -2.54. The fraction of sp³-hybridized carbons (Fsp3) is 0.143. The van der Waals surface area contributed by atoms with Crippen LogP contribution in [0.3, 0.4) is 0 Å². The van der Waals surface area contributed by atoms with Crippen LogP contribution in [0, 0.1) is 26.8 Å². The van der Waals surface area contributed by atoms with Crippen molar-refractivity contribution >= 4 is 6.72 Å². The number of allylic oxidation sites excluding steroid dienone is 2. The third-order valence-electron chi connectivity index (χ3n) is 4.16. The lowest BCUT2D eigenvalue weighted by Gasteiger charge is -2.20. The summed E-state index contributed by atoms with van der Waals surface area (Å²) < 4.78 is 1.93. The van der Waals surface area contributed by atoms with Crippen LogP contribution in [0.5, 0.6) is 0 Å². The number of aryl methyl sites for hydroxylation is 3. The van der Waals surface area contributed by atoms with Crippen molar-refractivity contribution in [3.8, 4) is 11.1 Å². The first kappa shape index (κ1) is 14.4. The van der Waals surface area contributed by atoms with Gasteiger partial charge in [-0.25, -0.2) is 0 Å². The van der Waals surface area contributed by atoms with Gasteiger partial charge in [-0.05, 0) is 42.2 Å². The molecule has 22 heavy (non-hydrogen) atoms. The minimum Gasteiger partial charge on any atom is -0.255 e. The van der Waals surface area contributed by atoms with E-state index in [1.165, 1.54) is 33.4 Å². The van der Waals surface area contributed by atoms with Gasteiger partial charge in [-0.3, -0.25) is 4.58 Å². The lowest BCUT2D eigenvalue weighted by Crippen LogP contribution is -2.14. The lowest BCUT2D eigenvalue weighted by atomic mass is 9.92. The van der Waals surface area contributed by atoms with E-state index in [1.54, 1.807) is 0 Å². The van der Waals surface area contributed by atoms with Crippen molar-refractivity contribution in [3.63, 3.8) is 0 Å². The molecule has 1 heterocycles. The summed E-state index contributed by atoms with van der Waals surface area (Å²) in [5, 5.41) is 0. The SMILES string of the molecule is C=[N+]1C=CC=C[C-]1c1cc(-c2cc(C)ccc2C)ccc1C. The number of hydrogen-bond donors (Lipinski definition) is 0. The van der Waals surface area contributed by atoms with Gasteiger partial charge in [0.15, 0.2) is 0 Å². The third-order valence-corrected chi connectivity index (χ3v) is 4.16. The average Bonchev–Trinajstić information content (AvgIpc) is 2.51. The van der Waals surface area contributed by atoms with Crippen molar-refractivity contribution in [2.75, 3.05) is 0 Å². The Kier molecular flexibility index (Phi) is 3.72. The minimum absolute atomic E-state index is 1.13. The van der Waals surface area contributed by atoms with E-state index < -0.39 is 0 Å². The van der Waals surface area contributed by atoms with Crippen molar-refractivity contribution in [2.24, 2.45) is 0 Å². The van der Waals surface area contributed by atoms with Gasteiger partial charge in [-0.15, -0.1) is 6.08 Å². The molecule has 0 saturated carbocycles. The molecule has 0 aliphatic carbocycles. The summed E-state index contributed by atoms with van der Waals surface area (Å²) in [6.07, 6.45) is 8.16. The maximum absolute atomic E-state index is 4.09. The van der Waals surface area contributed by atoms with Gasteiger partial charge in [-0.2, -0.15) is 0 Å². The Bertz CT molecular complexity index is 794. The van der Waals surface area contributed by atoms with Crippen LogP contribution in [-0.2, 0) is 0 Å². The molecule has 1 heteroatoms. The summed E-state index contributed by atoms with van der Waals surface area (Å²) in [5.74, 6) is 0. The van der Waals surface area contributed by atoms with Gasteiger partial charge in [-0.1, -0.05) is 60.5 Å². The van der Waals surface area contributed by atoms with Crippen LogP contribution >= 0.6 is 0 Å². The van der Waals surface area contributed by atoms with Crippen molar-refractivity contribution in [3.05, 3.63) is 89.1 Å². The molecule has 2 aromatic rings. The van der Waals surface area contributed by atoms with Crippen LogP contribution in [0.1, 0.15) is 22.3 Å². The first-order valence-corrected chi connectivity index (χ1v) is 7.56. The second-order valence-corrected chi connectivity index (χ2v) is 5.90. The predicted octanol–water partition coefficient (Wildman–Crippen LogP) is 4.96. The Morgan fingerprint density at radius 1 is 0.909 bits per heavy atom. The summed E-state index contributed by atoms with van der Waals surface area (Å²) in [4.78, 5) is 0. The molecule has 3 rings (SSSR count).